The van der Waals surface area contributed by atoms with E-state index in [4.69, 9.17) is 4.74 Å². The standard InChI is InChI=1S/C15H16FN3O4/c16-10-3-1-9(2-4-10)12-8-19(5-6-23-12)13(20)7-11-14(21)18-15(22)17-11/h1-4,11-12H,5-8H2,(H2,17,18,21,22)/t11-,12-/m0/s1. The van der Waals surface area contributed by atoms with Crippen molar-refractivity contribution in [3.8, 4) is 0 Å². The zero-order chi connectivity index (χ0) is 16.4. The summed E-state index contributed by atoms with van der Waals surface area (Å²) in [7, 11) is 0. The minimum absolute atomic E-state index is 0.0896. The van der Waals surface area contributed by atoms with Crippen molar-refractivity contribution >= 4 is 17.8 Å². The van der Waals surface area contributed by atoms with Crippen LogP contribution in [0.2, 0.25) is 0 Å². The van der Waals surface area contributed by atoms with Gasteiger partial charge in [0, 0.05) is 6.54 Å². The van der Waals surface area contributed by atoms with E-state index in [0.29, 0.717) is 19.7 Å². The van der Waals surface area contributed by atoms with Crippen LogP contribution in [0.25, 0.3) is 0 Å². The third-order valence-electron chi connectivity index (χ3n) is 3.90. The van der Waals surface area contributed by atoms with Gasteiger partial charge in [-0.1, -0.05) is 12.1 Å². The highest BCUT2D eigenvalue weighted by molar-refractivity contribution is 6.05. The summed E-state index contributed by atoms with van der Waals surface area (Å²) in [5.41, 5.74) is 0.788. The largest absolute Gasteiger partial charge is 0.370 e. The molecule has 122 valence electrons. The number of nitrogens with one attached hydrogen (secondary N) is 2. The maximum absolute atomic E-state index is 13.0. The zero-order valence-electron chi connectivity index (χ0n) is 12.3. The molecule has 2 saturated heterocycles. The molecule has 2 N–H and O–H groups in total. The van der Waals surface area contributed by atoms with Gasteiger partial charge in [-0.15, -0.1) is 0 Å². The van der Waals surface area contributed by atoms with E-state index in [1.54, 1.807) is 17.0 Å². The van der Waals surface area contributed by atoms with E-state index in [1.165, 1.54) is 12.1 Å². The van der Waals surface area contributed by atoms with Crippen LogP contribution in [0.15, 0.2) is 24.3 Å². The van der Waals surface area contributed by atoms with Gasteiger partial charge in [0.2, 0.25) is 5.91 Å². The van der Waals surface area contributed by atoms with Crippen molar-refractivity contribution < 1.29 is 23.5 Å². The molecule has 4 amide bonds. The Labute approximate surface area is 131 Å². The molecular weight excluding hydrogens is 305 g/mol. The predicted octanol–water partition coefficient (Wildman–Crippen LogP) is 0.324. The van der Waals surface area contributed by atoms with Crippen molar-refractivity contribution in [3.63, 3.8) is 0 Å². The molecule has 0 saturated carbocycles. The summed E-state index contributed by atoms with van der Waals surface area (Å²) in [5, 5.41) is 4.50. The number of halogens is 1. The van der Waals surface area contributed by atoms with Gasteiger partial charge in [-0.05, 0) is 17.7 Å². The minimum atomic E-state index is -0.831. The van der Waals surface area contributed by atoms with Crippen molar-refractivity contribution in [3.05, 3.63) is 35.6 Å². The van der Waals surface area contributed by atoms with Gasteiger partial charge >= 0.3 is 6.03 Å². The Morgan fingerprint density at radius 3 is 2.70 bits per heavy atom. The van der Waals surface area contributed by atoms with Gasteiger partial charge < -0.3 is 15.0 Å². The van der Waals surface area contributed by atoms with Crippen molar-refractivity contribution in [1.29, 1.82) is 0 Å². The average Bonchev–Trinajstić information content (AvgIpc) is 2.85. The number of carbonyl (C=O) groups excluding carboxylic acids is 3. The third-order valence-corrected chi connectivity index (χ3v) is 3.90. The quantitative estimate of drug-likeness (QED) is 0.785. The van der Waals surface area contributed by atoms with Crippen LogP contribution >= 0.6 is 0 Å². The number of amides is 4. The van der Waals surface area contributed by atoms with E-state index in [2.05, 4.69) is 10.6 Å². The monoisotopic (exact) mass is 321 g/mol. The fraction of sp³-hybridized carbons (Fsp3) is 0.400. The van der Waals surface area contributed by atoms with Crippen LogP contribution in [-0.2, 0) is 14.3 Å². The van der Waals surface area contributed by atoms with Crippen molar-refractivity contribution in [2.24, 2.45) is 0 Å². The Morgan fingerprint density at radius 1 is 1.30 bits per heavy atom. The Bertz CT molecular complexity index is 634. The van der Waals surface area contributed by atoms with Gasteiger partial charge in [-0.3, -0.25) is 14.9 Å². The Morgan fingerprint density at radius 2 is 2.04 bits per heavy atom. The zero-order valence-corrected chi connectivity index (χ0v) is 12.3. The van der Waals surface area contributed by atoms with Crippen LogP contribution in [0.3, 0.4) is 0 Å². The molecule has 1 aromatic rings. The molecule has 7 nitrogen and oxygen atoms in total. The van der Waals surface area contributed by atoms with Crippen LogP contribution in [0.5, 0.6) is 0 Å². The molecule has 2 heterocycles. The lowest BCUT2D eigenvalue weighted by molar-refractivity contribution is -0.140. The second kappa shape index (κ2) is 6.33. The van der Waals surface area contributed by atoms with E-state index in [-0.39, 0.29) is 24.2 Å². The summed E-state index contributed by atoms with van der Waals surface area (Å²) in [5.74, 6) is -1.06. The molecule has 2 atom stereocenters. The summed E-state index contributed by atoms with van der Waals surface area (Å²) in [6.07, 6.45) is -0.423. The van der Waals surface area contributed by atoms with Gasteiger partial charge in [0.15, 0.2) is 0 Å². The highest BCUT2D eigenvalue weighted by atomic mass is 19.1. The number of hydrogen-bond acceptors (Lipinski definition) is 4. The highest BCUT2D eigenvalue weighted by Gasteiger charge is 2.34. The van der Waals surface area contributed by atoms with Crippen molar-refractivity contribution in [2.75, 3.05) is 19.7 Å². The molecule has 0 spiro atoms. The second-order valence-corrected chi connectivity index (χ2v) is 5.47. The first kappa shape index (κ1) is 15.4. The van der Waals surface area contributed by atoms with Crippen LogP contribution in [0.1, 0.15) is 18.1 Å². The van der Waals surface area contributed by atoms with Gasteiger partial charge in [0.05, 0.1) is 19.6 Å². The normalized spacial score (nSPS) is 24.3. The number of nitrogens with zero attached hydrogens (tertiary/aromatic N) is 1. The van der Waals surface area contributed by atoms with Gasteiger partial charge in [-0.25, -0.2) is 9.18 Å². The Kier molecular flexibility index (Phi) is 4.24. The van der Waals surface area contributed by atoms with Gasteiger partial charge in [-0.2, -0.15) is 0 Å². The predicted molar refractivity (Wildman–Crippen MR) is 76.8 cm³/mol. The van der Waals surface area contributed by atoms with Gasteiger partial charge in [0.25, 0.3) is 5.91 Å². The summed E-state index contributed by atoms with van der Waals surface area (Å²) in [6, 6.07) is 4.52. The number of rotatable bonds is 3. The molecule has 8 heteroatoms. The third kappa shape index (κ3) is 3.48. The minimum Gasteiger partial charge on any atom is -0.370 e. The smallest absolute Gasteiger partial charge is 0.322 e. The summed E-state index contributed by atoms with van der Waals surface area (Å²) >= 11 is 0. The first-order valence-corrected chi connectivity index (χ1v) is 7.29. The van der Waals surface area contributed by atoms with Crippen LogP contribution < -0.4 is 10.6 Å². The first-order chi connectivity index (χ1) is 11.0. The first-order valence-electron chi connectivity index (χ1n) is 7.29. The lowest BCUT2D eigenvalue weighted by atomic mass is 10.1. The molecule has 0 aliphatic carbocycles. The average molecular weight is 321 g/mol. The Balaban J connectivity index is 1.61. The number of ether oxygens (including phenoxy) is 1. The molecule has 3 rings (SSSR count). The van der Waals surface area contributed by atoms with E-state index < -0.39 is 18.0 Å². The lowest BCUT2D eigenvalue weighted by Gasteiger charge is -2.33. The van der Waals surface area contributed by atoms with E-state index in [0.717, 1.165) is 5.56 Å². The Hall–Kier alpha value is -2.48. The molecule has 1 aromatic carbocycles. The number of benzene rings is 1. The van der Waals surface area contributed by atoms with E-state index >= 15 is 0 Å². The molecule has 0 unspecified atom stereocenters. The second-order valence-electron chi connectivity index (χ2n) is 5.47. The molecule has 23 heavy (non-hydrogen) atoms. The van der Waals surface area contributed by atoms with E-state index in [1.807, 2.05) is 0 Å². The molecule has 0 radical (unpaired) electrons. The van der Waals surface area contributed by atoms with Gasteiger partial charge in [0.1, 0.15) is 18.0 Å². The number of morpholine rings is 1. The summed E-state index contributed by atoms with van der Waals surface area (Å²) in [6.45, 7) is 1.10. The molecule has 0 aromatic heterocycles. The van der Waals surface area contributed by atoms with Crippen LogP contribution in [-0.4, -0.2) is 48.5 Å². The fourth-order valence-electron chi connectivity index (χ4n) is 2.66. The molecule has 0 bridgehead atoms. The fourth-order valence-corrected chi connectivity index (χ4v) is 2.66. The summed E-state index contributed by atoms with van der Waals surface area (Å²) < 4.78 is 18.6. The number of hydrogen-bond donors (Lipinski definition) is 2. The van der Waals surface area contributed by atoms with Crippen LogP contribution in [0.4, 0.5) is 9.18 Å². The van der Waals surface area contributed by atoms with E-state index in [9.17, 15) is 18.8 Å². The van der Waals surface area contributed by atoms with Crippen molar-refractivity contribution in [1.82, 2.24) is 15.5 Å². The summed E-state index contributed by atoms with van der Waals surface area (Å²) in [4.78, 5) is 36.5. The lowest BCUT2D eigenvalue weighted by Crippen LogP contribution is -2.45. The van der Waals surface area contributed by atoms with Crippen molar-refractivity contribution in [2.45, 2.75) is 18.6 Å². The SMILES string of the molecule is O=C1NC(=O)[C@H](CC(=O)N2CCO[C@H](c3ccc(F)cc3)C2)N1. The number of urea groups is 1. The van der Waals surface area contributed by atoms with Crippen LogP contribution in [0, 0.1) is 5.82 Å². The molecule has 2 fully saturated rings. The molecule has 2 aliphatic rings. The molecule has 2 aliphatic heterocycles. The number of carbonyl (C=O) groups is 3. The number of imide groups is 1. The topological polar surface area (TPSA) is 87.7 Å². The molecular formula is C15H16FN3O4. The maximum Gasteiger partial charge on any atom is 0.322 e. The highest BCUT2D eigenvalue weighted by Crippen LogP contribution is 2.23. The maximum atomic E-state index is 13.0.